The van der Waals surface area contributed by atoms with Crippen molar-refractivity contribution in [1.29, 1.82) is 0 Å². The van der Waals surface area contributed by atoms with Gasteiger partial charge in [0.15, 0.2) is 0 Å². The first-order valence-corrected chi connectivity index (χ1v) is 10.5. The number of rotatable bonds is 11. The van der Waals surface area contributed by atoms with E-state index >= 15 is 0 Å². The first-order valence-electron chi connectivity index (χ1n) is 9.60. The molecule has 1 aromatic heterocycles. The summed E-state index contributed by atoms with van der Waals surface area (Å²) in [5.74, 6) is 0.777. The molecule has 2 rings (SSSR count). The lowest BCUT2D eigenvalue weighted by atomic mass is 10.2. The minimum absolute atomic E-state index is 0.00918. The van der Waals surface area contributed by atoms with Crippen molar-refractivity contribution in [2.75, 3.05) is 61.5 Å². The number of hydrogen-bond acceptors (Lipinski definition) is 6. The molecular weight excluding hydrogens is 372 g/mol. The van der Waals surface area contributed by atoms with Gasteiger partial charge in [-0.15, -0.1) is 11.3 Å². The Balaban J connectivity index is 2.12. The highest BCUT2D eigenvalue weighted by Gasteiger charge is 2.20. The maximum Gasteiger partial charge on any atom is 0.273 e. The molecule has 0 saturated carbocycles. The molecule has 154 valence electrons. The molecule has 1 amide bonds. The van der Waals surface area contributed by atoms with Crippen LogP contribution in [-0.2, 0) is 0 Å². The van der Waals surface area contributed by atoms with Crippen LogP contribution in [0.2, 0.25) is 0 Å². The lowest BCUT2D eigenvalue weighted by Gasteiger charge is -2.23. The summed E-state index contributed by atoms with van der Waals surface area (Å²) in [5.41, 5.74) is 1.43. The quantitative estimate of drug-likeness (QED) is 0.576. The third-order valence-electron chi connectivity index (χ3n) is 4.41. The number of hydrogen-bond donors (Lipinski definition) is 0. The van der Waals surface area contributed by atoms with Crippen LogP contribution in [0.25, 0.3) is 10.6 Å². The highest BCUT2D eigenvalue weighted by molar-refractivity contribution is 7.13. The van der Waals surface area contributed by atoms with E-state index in [-0.39, 0.29) is 5.91 Å². The van der Waals surface area contributed by atoms with Gasteiger partial charge in [-0.05, 0) is 66.3 Å². The molecule has 0 atom stereocenters. The van der Waals surface area contributed by atoms with Gasteiger partial charge in [-0.25, -0.2) is 4.98 Å². The zero-order chi connectivity index (χ0) is 20.5. The zero-order valence-electron chi connectivity index (χ0n) is 17.6. The van der Waals surface area contributed by atoms with Crippen molar-refractivity contribution in [3.05, 3.63) is 35.3 Å². The van der Waals surface area contributed by atoms with Crippen molar-refractivity contribution < 1.29 is 9.53 Å². The van der Waals surface area contributed by atoms with Gasteiger partial charge < -0.3 is 19.4 Å². The highest BCUT2D eigenvalue weighted by atomic mass is 32.1. The van der Waals surface area contributed by atoms with Gasteiger partial charge in [0.1, 0.15) is 16.5 Å². The minimum Gasteiger partial charge on any atom is -0.496 e. The second kappa shape index (κ2) is 11.1. The van der Waals surface area contributed by atoms with Crippen molar-refractivity contribution in [3.63, 3.8) is 0 Å². The summed E-state index contributed by atoms with van der Waals surface area (Å²) in [6.45, 7) is 3.40. The third kappa shape index (κ3) is 6.58. The Morgan fingerprint density at radius 1 is 1.00 bits per heavy atom. The first-order chi connectivity index (χ1) is 13.4. The van der Waals surface area contributed by atoms with Crippen LogP contribution in [0.5, 0.6) is 5.75 Å². The molecule has 0 aliphatic carbocycles. The fraction of sp³-hybridized carbons (Fsp3) is 0.524. The van der Waals surface area contributed by atoms with Gasteiger partial charge in [0, 0.05) is 18.5 Å². The predicted octanol–water partition coefficient (Wildman–Crippen LogP) is 3.16. The molecule has 7 heteroatoms. The van der Waals surface area contributed by atoms with Gasteiger partial charge in [0.05, 0.1) is 12.7 Å². The molecular formula is C21H32N4O2S. The van der Waals surface area contributed by atoms with Crippen LogP contribution in [0.15, 0.2) is 29.6 Å². The topological polar surface area (TPSA) is 48.9 Å². The van der Waals surface area contributed by atoms with Crippen molar-refractivity contribution in [2.45, 2.75) is 12.8 Å². The molecule has 0 spiro atoms. The van der Waals surface area contributed by atoms with Gasteiger partial charge in [0.25, 0.3) is 5.91 Å². The number of aromatic nitrogens is 1. The van der Waals surface area contributed by atoms with Gasteiger partial charge in [-0.2, -0.15) is 0 Å². The number of nitrogens with zero attached hydrogens (tertiary/aromatic N) is 4. The third-order valence-corrected chi connectivity index (χ3v) is 5.29. The van der Waals surface area contributed by atoms with E-state index in [1.54, 1.807) is 7.11 Å². The van der Waals surface area contributed by atoms with Crippen molar-refractivity contribution in [3.8, 4) is 16.3 Å². The number of para-hydroxylation sites is 1. The summed E-state index contributed by atoms with van der Waals surface area (Å²) in [5, 5.41) is 2.66. The Labute approximate surface area is 172 Å². The number of thiazole rings is 1. The maximum atomic E-state index is 13.1. The molecule has 0 fully saturated rings. The second-order valence-electron chi connectivity index (χ2n) is 7.34. The van der Waals surface area contributed by atoms with Gasteiger partial charge in [0.2, 0.25) is 0 Å². The smallest absolute Gasteiger partial charge is 0.273 e. The van der Waals surface area contributed by atoms with E-state index in [1.165, 1.54) is 11.3 Å². The maximum absolute atomic E-state index is 13.1. The van der Waals surface area contributed by atoms with Crippen molar-refractivity contribution >= 4 is 17.2 Å². The Kier molecular flexibility index (Phi) is 8.89. The Morgan fingerprint density at radius 2 is 1.61 bits per heavy atom. The number of carbonyl (C=O) groups excluding carboxylic acids is 1. The summed E-state index contributed by atoms with van der Waals surface area (Å²) in [6, 6.07) is 7.76. The molecule has 0 aliphatic heterocycles. The lowest BCUT2D eigenvalue weighted by Crippen LogP contribution is -2.35. The monoisotopic (exact) mass is 404 g/mol. The molecule has 0 bridgehead atoms. The molecule has 28 heavy (non-hydrogen) atoms. The number of amides is 1. The predicted molar refractivity (Wildman–Crippen MR) is 116 cm³/mol. The standard InChI is InChI=1S/C21H32N4O2S/c1-23(2)12-8-14-25(15-9-13-24(3)4)21(26)18-16-28-20(22-18)17-10-6-7-11-19(17)27-5/h6-7,10-11,16H,8-9,12-15H2,1-5H3. The number of carbonyl (C=O) groups is 1. The Bertz CT molecular complexity index is 732. The molecule has 0 aliphatic rings. The summed E-state index contributed by atoms with van der Waals surface area (Å²) < 4.78 is 5.43. The van der Waals surface area contributed by atoms with Crippen LogP contribution in [-0.4, -0.2) is 87.1 Å². The van der Waals surface area contributed by atoms with Crippen LogP contribution < -0.4 is 4.74 Å². The summed E-state index contributed by atoms with van der Waals surface area (Å²) >= 11 is 1.48. The van der Waals surface area contributed by atoms with E-state index in [4.69, 9.17) is 4.74 Å². The Hall–Kier alpha value is -1.96. The summed E-state index contributed by atoms with van der Waals surface area (Å²) in [7, 11) is 9.86. The fourth-order valence-corrected chi connectivity index (χ4v) is 3.77. The van der Waals surface area contributed by atoms with Crippen molar-refractivity contribution in [1.82, 2.24) is 19.7 Å². The van der Waals surface area contributed by atoms with Crippen LogP contribution in [0.3, 0.4) is 0 Å². The van der Waals surface area contributed by atoms with E-state index in [9.17, 15) is 4.79 Å². The average molecular weight is 405 g/mol. The van der Waals surface area contributed by atoms with Gasteiger partial charge in [-0.1, -0.05) is 12.1 Å². The summed E-state index contributed by atoms with van der Waals surface area (Å²) in [6.07, 6.45) is 1.90. The van der Waals surface area contributed by atoms with E-state index in [0.29, 0.717) is 5.69 Å². The molecule has 1 aromatic carbocycles. The number of methoxy groups -OCH3 is 1. The number of ether oxygens (including phenoxy) is 1. The normalized spacial score (nSPS) is 11.2. The second-order valence-corrected chi connectivity index (χ2v) is 8.20. The van der Waals surface area contributed by atoms with Crippen LogP contribution in [0.1, 0.15) is 23.3 Å². The largest absolute Gasteiger partial charge is 0.496 e. The molecule has 6 nitrogen and oxygen atoms in total. The molecule has 1 heterocycles. The average Bonchev–Trinajstić information content (AvgIpc) is 3.15. The molecule has 0 unspecified atom stereocenters. The SMILES string of the molecule is COc1ccccc1-c1nc(C(=O)N(CCCN(C)C)CCCN(C)C)cs1. The van der Waals surface area contributed by atoms with Crippen LogP contribution in [0.4, 0.5) is 0 Å². The molecule has 2 aromatic rings. The highest BCUT2D eigenvalue weighted by Crippen LogP contribution is 2.32. The van der Waals surface area contributed by atoms with E-state index in [1.807, 2.05) is 34.5 Å². The summed E-state index contributed by atoms with van der Waals surface area (Å²) in [4.78, 5) is 24.0. The molecule has 0 N–H and O–H groups in total. The van der Waals surface area contributed by atoms with Crippen LogP contribution in [0, 0.1) is 0 Å². The van der Waals surface area contributed by atoms with Crippen molar-refractivity contribution in [2.24, 2.45) is 0 Å². The minimum atomic E-state index is 0.00918. The number of benzene rings is 1. The molecule has 0 saturated heterocycles. The van der Waals surface area contributed by atoms with E-state index in [2.05, 4.69) is 43.0 Å². The van der Waals surface area contributed by atoms with E-state index in [0.717, 1.165) is 55.3 Å². The van der Waals surface area contributed by atoms with Crippen LogP contribution >= 0.6 is 11.3 Å². The zero-order valence-corrected chi connectivity index (χ0v) is 18.5. The lowest BCUT2D eigenvalue weighted by molar-refractivity contribution is 0.0739. The fourth-order valence-electron chi connectivity index (χ4n) is 2.95. The van der Waals surface area contributed by atoms with Gasteiger partial charge >= 0.3 is 0 Å². The van der Waals surface area contributed by atoms with E-state index < -0.39 is 0 Å². The van der Waals surface area contributed by atoms with Gasteiger partial charge in [-0.3, -0.25) is 4.79 Å². The molecule has 0 radical (unpaired) electrons. The Morgan fingerprint density at radius 3 is 2.18 bits per heavy atom. The first kappa shape index (κ1) is 22.3.